The summed E-state index contributed by atoms with van der Waals surface area (Å²) >= 11 is 0. The summed E-state index contributed by atoms with van der Waals surface area (Å²) in [6, 6.07) is 0. The summed E-state index contributed by atoms with van der Waals surface area (Å²) in [6.07, 6.45) is 2.39. The Morgan fingerprint density at radius 2 is 1.67 bits per heavy atom. The lowest BCUT2D eigenvalue weighted by Crippen LogP contribution is -2.20. The third-order valence-corrected chi connectivity index (χ3v) is 4.62. The molecule has 0 heterocycles. The molecule has 1 N–H and O–H groups in total. The highest BCUT2D eigenvalue weighted by Crippen LogP contribution is 2.67. The van der Waals surface area contributed by atoms with Crippen molar-refractivity contribution < 1.29 is 4.74 Å². The molecule has 0 aromatic rings. The first-order chi connectivity index (χ1) is 6.94. The van der Waals surface area contributed by atoms with Gasteiger partial charge in [-0.1, -0.05) is 27.7 Å². The van der Waals surface area contributed by atoms with E-state index in [0.29, 0.717) is 10.8 Å². The number of rotatable bonds is 7. The van der Waals surface area contributed by atoms with Gasteiger partial charge in [-0.3, -0.25) is 0 Å². The second kappa shape index (κ2) is 4.84. The fraction of sp³-hybridized carbons (Fsp3) is 1.00. The second-order valence-corrected chi connectivity index (χ2v) is 5.90. The van der Waals surface area contributed by atoms with Gasteiger partial charge in [-0.25, -0.2) is 0 Å². The largest absolute Gasteiger partial charge is 0.385 e. The number of hydrogen-bond acceptors (Lipinski definition) is 2. The summed E-state index contributed by atoms with van der Waals surface area (Å²) in [6.45, 7) is 12.7. The van der Waals surface area contributed by atoms with E-state index in [0.717, 1.165) is 19.1 Å². The smallest absolute Gasteiger partial charge is 0.0462 e. The van der Waals surface area contributed by atoms with E-state index in [-0.39, 0.29) is 0 Å². The number of unbranched alkanes of at least 4 members (excludes halogenated alkanes) is 1. The quantitative estimate of drug-likeness (QED) is 0.657. The molecule has 0 radical (unpaired) electrons. The molecule has 0 amide bonds. The van der Waals surface area contributed by atoms with E-state index in [1.165, 1.54) is 19.4 Å². The number of nitrogens with one attached hydrogen (secondary N) is 1. The Hall–Kier alpha value is -0.0800. The molecule has 0 atom stereocenters. The van der Waals surface area contributed by atoms with E-state index in [2.05, 4.69) is 33.0 Å². The molecule has 0 saturated heterocycles. The lowest BCUT2D eigenvalue weighted by atomic mass is 10.0. The standard InChI is InChI=1S/C13H27NO/c1-12(2)11(13(12,3)4)10-14-8-6-7-9-15-5/h11,14H,6-10H2,1-5H3. The van der Waals surface area contributed by atoms with Crippen LogP contribution in [0.15, 0.2) is 0 Å². The second-order valence-electron chi connectivity index (χ2n) is 5.90. The molecule has 15 heavy (non-hydrogen) atoms. The van der Waals surface area contributed by atoms with Crippen LogP contribution in [0, 0.1) is 16.7 Å². The third kappa shape index (κ3) is 2.73. The van der Waals surface area contributed by atoms with Gasteiger partial charge in [0.2, 0.25) is 0 Å². The molecule has 0 aromatic carbocycles. The predicted molar refractivity (Wildman–Crippen MR) is 65.0 cm³/mol. The molecule has 0 aliphatic heterocycles. The van der Waals surface area contributed by atoms with Crippen LogP contribution in [0.4, 0.5) is 0 Å². The lowest BCUT2D eigenvalue weighted by Gasteiger charge is -2.05. The normalized spacial score (nSPS) is 23.0. The maximum atomic E-state index is 5.02. The third-order valence-electron chi connectivity index (χ3n) is 4.62. The van der Waals surface area contributed by atoms with Gasteiger partial charge in [0.15, 0.2) is 0 Å². The highest BCUT2D eigenvalue weighted by molar-refractivity contribution is 5.12. The van der Waals surface area contributed by atoms with Crippen LogP contribution >= 0.6 is 0 Å². The Labute approximate surface area is 94.8 Å². The maximum absolute atomic E-state index is 5.02. The molecule has 2 nitrogen and oxygen atoms in total. The molecule has 0 unspecified atom stereocenters. The van der Waals surface area contributed by atoms with Gasteiger partial charge in [0.1, 0.15) is 0 Å². The van der Waals surface area contributed by atoms with Crippen molar-refractivity contribution >= 4 is 0 Å². The van der Waals surface area contributed by atoms with Crippen LogP contribution in [-0.4, -0.2) is 26.8 Å². The topological polar surface area (TPSA) is 21.3 Å². The Kier molecular flexibility index (Phi) is 4.19. The van der Waals surface area contributed by atoms with Crippen LogP contribution in [0.25, 0.3) is 0 Å². The molecular weight excluding hydrogens is 186 g/mol. The van der Waals surface area contributed by atoms with Crippen molar-refractivity contribution in [2.75, 3.05) is 26.8 Å². The minimum absolute atomic E-state index is 0.520. The summed E-state index contributed by atoms with van der Waals surface area (Å²) in [4.78, 5) is 0. The zero-order valence-electron chi connectivity index (χ0n) is 11.0. The predicted octanol–water partition coefficient (Wildman–Crippen LogP) is 2.68. The summed E-state index contributed by atoms with van der Waals surface area (Å²) in [7, 11) is 1.77. The van der Waals surface area contributed by atoms with Crippen molar-refractivity contribution in [3.05, 3.63) is 0 Å². The number of methoxy groups -OCH3 is 1. The Morgan fingerprint density at radius 3 is 2.13 bits per heavy atom. The van der Waals surface area contributed by atoms with E-state index < -0.39 is 0 Å². The highest BCUT2D eigenvalue weighted by Gasteiger charge is 2.63. The van der Waals surface area contributed by atoms with E-state index in [1.807, 2.05) is 0 Å². The molecule has 1 rings (SSSR count). The van der Waals surface area contributed by atoms with Gasteiger partial charge >= 0.3 is 0 Å². The van der Waals surface area contributed by atoms with Crippen LogP contribution in [0.2, 0.25) is 0 Å². The molecule has 0 aromatic heterocycles. The molecule has 1 aliphatic rings. The van der Waals surface area contributed by atoms with E-state index >= 15 is 0 Å². The van der Waals surface area contributed by atoms with Crippen molar-refractivity contribution in [3.8, 4) is 0 Å². The summed E-state index contributed by atoms with van der Waals surface area (Å²) in [5, 5.41) is 3.56. The fourth-order valence-electron chi connectivity index (χ4n) is 2.59. The van der Waals surface area contributed by atoms with Crippen LogP contribution < -0.4 is 5.32 Å². The zero-order valence-corrected chi connectivity index (χ0v) is 11.0. The molecule has 0 spiro atoms. The van der Waals surface area contributed by atoms with Crippen molar-refractivity contribution in [3.63, 3.8) is 0 Å². The van der Waals surface area contributed by atoms with Gasteiger partial charge in [0.25, 0.3) is 0 Å². The van der Waals surface area contributed by atoms with E-state index in [9.17, 15) is 0 Å². The van der Waals surface area contributed by atoms with Crippen LogP contribution in [0.5, 0.6) is 0 Å². The molecule has 1 fully saturated rings. The molecule has 2 heteroatoms. The van der Waals surface area contributed by atoms with Crippen molar-refractivity contribution in [2.24, 2.45) is 16.7 Å². The average molecular weight is 213 g/mol. The van der Waals surface area contributed by atoms with Crippen molar-refractivity contribution in [1.82, 2.24) is 5.32 Å². The first kappa shape index (κ1) is 13.0. The van der Waals surface area contributed by atoms with Crippen LogP contribution in [0.1, 0.15) is 40.5 Å². The Balaban J connectivity index is 2.03. The molecule has 0 bridgehead atoms. The number of ether oxygens (including phenoxy) is 1. The summed E-state index contributed by atoms with van der Waals surface area (Å²) in [5.41, 5.74) is 1.04. The summed E-state index contributed by atoms with van der Waals surface area (Å²) < 4.78 is 5.02. The van der Waals surface area contributed by atoms with E-state index in [1.54, 1.807) is 7.11 Å². The summed E-state index contributed by atoms with van der Waals surface area (Å²) in [5.74, 6) is 0.840. The maximum Gasteiger partial charge on any atom is 0.0462 e. The highest BCUT2D eigenvalue weighted by atomic mass is 16.5. The minimum atomic E-state index is 0.520. The van der Waals surface area contributed by atoms with Crippen LogP contribution in [0.3, 0.4) is 0 Å². The van der Waals surface area contributed by atoms with Gasteiger partial charge in [0, 0.05) is 13.7 Å². The first-order valence-electron chi connectivity index (χ1n) is 6.14. The van der Waals surface area contributed by atoms with Gasteiger partial charge in [-0.15, -0.1) is 0 Å². The molecule has 1 aliphatic carbocycles. The lowest BCUT2D eigenvalue weighted by molar-refractivity contribution is 0.192. The Bertz CT molecular complexity index is 185. The average Bonchev–Trinajstić information content (AvgIpc) is 2.52. The molecule has 1 saturated carbocycles. The van der Waals surface area contributed by atoms with Crippen LogP contribution in [-0.2, 0) is 4.74 Å². The fourth-order valence-corrected chi connectivity index (χ4v) is 2.59. The number of hydrogen-bond donors (Lipinski definition) is 1. The monoisotopic (exact) mass is 213 g/mol. The van der Waals surface area contributed by atoms with Gasteiger partial charge in [0.05, 0.1) is 0 Å². The zero-order chi connectivity index (χ0) is 11.5. The van der Waals surface area contributed by atoms with E-state index in [4.69, 9.17) is 4.74 Å². The minimum Gasteiger partial charge on any atom is -0.385 e. The van der Waals surface area contributed by atoms with Gasteiger partial charge < -0.3 is 10.1 Å². The molecule has 90 valence electrons. The first-order valence-corrected chi connectivity index (χ1v) is 6.14. The molecular formula is C13H27NO. The SMILES string of the molecule is COCCCCNCC1C(C)(C)C1(C)C. The Morgan fingerprint density at radius 1 is 1.07 bits per heavy atom. The van der Waals surface area contributed by atoms with Gasteiger partial charge in [-0.2, -0.15) is 0 Å². The van der Waals surface area contributed by atoms with Gasteiger partial charge in [-0.05, 0) is 42.7 Å². The van der Waals surface area contributed by atoms with Crippen molar-refractivity contribution in [2.45, 2.75) is 40.5 Å². The van der Waals surface area contributed by atoms with Crippen molar-refractivity contribution in [1.29, 1.82) is 0 Å².